The molecule has 7 nitrogen and oxygen atoms in total. The standard InChI is InChI=1S/C29H31N3O4/c1-19-9-8-10-20(2)28(19)36-18-22(33)17-32-24-12-5-4-11-23(24)30-29(32)21-15-27(34)31(16-21)25-13-6-7-14-26(25)35-3/h4-14,21-22,33H,15-18H2,1-3H3/t21-,22-/m0/s1. The number of nitrogens with zero attached hydrogens (tertiary/aromatic N) is 3. The van der Waals surface area contributed by atoms with Crippen molar-refractivity contribution in [3.63, 3.8) is 0 Å². The summed E-state index contributed by atoms with van der Waals surface area (Å²) >= 11 is 0. The summed E-state index contributed by atoms with van der Waals surface area (Å²) in [5.74, 6) is 2.19. The van der Waals surface area contributed by atoms with Crippen LogP contribution in [0, 0.1) is 13.8 Å². The van der Waals surface area contributed by atoms with Gasteiger partial charge in [-0.1, -0.05) is 42.5 Å². The van der Waals surface area contributed by atoms with Gasteiger partial charge >= 0.3 is 0 Å². The maximum Gasteiger partial charge on any atom is 0.227 e. The van der Waals surface area contributed by atoms with Gasteiger partial charge in [-0.3, -0.25) is 4.79 Å². The highest BCUT2D eigenvalue weighted by Gasteiger charge is 2.36. The molecule has 5 rings (SSSR count). The van der Waals surface area contributed by atoms with Gasteiger partial charge in [-0.2, -0.15) is 0 Å². The lowest BCUT2D eigenvalue weighted by Gasteiger charge is -2.21. The Labute approximate surface area is 210 Å². The average molecular weight is 486 g/mol. The zero-order valence-electron chi connectivity index (χ0n) is 20.8. The highest BCUT2D eigenvalue weighted by molar-refractivity contribution is 5.97. The number of carbonyl (C=O) groups excluding carboxylic acids is 1. The molecule has 1 N–H and O–H groups in total. The second-order valence-corrected chi connectivity index (χ2v) is 9.33. The van der Waals surface area contributed by atoms with Crippen molar-refractivity contribution >= 4 is 22.6 Å². The van der Waals surface area contributed by atoms with E-state index in [1.807, 2.05) is 85.1 Å². The molecule has 3 aromatic carbocycles. The summed E-state index contributed by atoms with van der Waals surface area (Å²) in [7, 11) is 1.61. The number of para-hydroxylation sites is 5. The SMILES string of the molecule is COc1ccccc1N1C[C@@H](c2nc3ccccc3n2C[C@H](O)COc2c(C)cccc2C)CC1=O. The van der Waals surface area contributed by atoms with Crippen molar-refractivity contribution < 1.29 is 19.4 Å². The molecule has 1 aliphatic rings. The van der Waals surface area contributed by atoms with Gasteiger partial charge in [-0.25, -0.2) is 4.98 Å². The average Bonchev–Trinajstić information content (AvgIpc) is 3.44. The topological polar surface area (TPSA) is 76.8 Å². The van der Waals surface area contributed by atoms with Gasteiger partial charge < -0.3 is 24.0 Å². The molecule has 1 aliphatic heterocycles. The first-order valence-corrected chi connectivity index (χ1v) is 12.2. The number of aryl methyl sites for hydroxylation is 2. The Morgan fingerprint density at radius 3 is 2.53 bits per heavy atom. The molecule has 2 heterocycles. The minimum absolute atomic E-state index is 0.0296. The monoisotopic (exact) mass is 485 g/mol. The van der Waals surface area contributed by atoms with Crippen molar-refractivity contribution in [3.05, 3.63) is 83.7 Å². The number of amides is 1. The van der Waals surface area contributed by atoms with E-state index < -0.39 is 6.10 Å². The Bertz CT molecular complexity index is 1380. The van der Waals surface area contributed by atoms with Gasteiger partial charge in [0.05, 0.1) is 30.4 Å². The maximum atomic E-state index is 13.1. The quantitative estimate of drug-likeness (QED) is 0.394. The van der Waals surface area contributed by atoms with Crippen LogP contribution in [-0.4, -0.2) is 46.9 Å². The second-order valence-electron chi connectivity index (χ2n) is 9.33. The van der Waals surface area contributed by atoms with Crippen LogP contribution in [0.4, 0.5) is 5.69 Å². The van der Waals surface area contributed by atoms with Gasteiger partial charge in [0.15, 0.2) is 0 Å². The van der Waals surface area contributed by atoms with Gasteiger partial charge in [-0.05, 0) is 49.2 Å². The molecule has 0 spiro atoms. The molecular formula is C29H31N3O4. The van der Waals surface area contributed by atoms with E-state index in [9.17, 15) is 9.90 Å². The first kappa shape index (κ1) is 23.9. The molecule has 186 valence electrons. The highest BCUT2D eigenvalue weighted by atomic mass is 16.5. The number of hydrogen-bond acceptors (Lipinski definition) is 5. The third-order valence-corrected chi connectivity index (χ3v) is 6.77. The third kappa shape index (κ3) is 4.54. The van der Waals surface area contributed by atoms with Crippen LogP contribution in [-0.2, 0) is 11.3 Å². The van der Waals surface area contributed by atoms with Gasteiger partial charge in [0.1, 0.15) is 30.0 Å². The number of imidazole rings is 1. The second kappa shape index (κ2) is 10.0. The Hall–Kier alpha value is -3.84. The summed E-state index contributed by atoms with van der Waals surface area (Å²) in [6.45, 7) is 4.98. The number of aliphatic hydroxyl groups is 1. The molecule has 1 fully saturated rings. The van der Waals surface area contributed by atoms with Crippen molar-refractivity contribution in [1.29, 1.82) is 0 Å². The maximum absolute atomic E-state index is 13.1. The minimum Gasteiger partial charge on any atom is -0.495 e. The molecule has 0 unspecified atom stereocenters. The van der Waals surface area contributed by atoms with Crippen LogP contribution in [0.1, 0.15) is 29.3 Å². The smallest absolute Gasteiger partial charge is 0.227 e. The van der Waals surface area contributed by atoms with Gasteiger partial charge in [0, 0.05) is 18.9 Å². The predicted molar refractivity (Wildman–Crippen MR) is 140 cm³/mol. The predicted octanol–water partition coefficient (Wildman–Crippen LogP) is 4.62. The molecule has 1 aromatic heterocycles. The summed E-state index contributed by atoms with van der Waals surface area (Å²) in [6.07, 6.45) is -0.404. The Kier molecular flexibility index (Phi) is 6.65. The summed E-state index contributed by atoms with van der Waals surface area (Å²) in [6, 6.07) is 21.4. The van der Waals surface area contributed by atoms with E-state index in [-0.39, 0.29) is 18.4 Å². The number of anilines is 1. The molecule has 4 aromatic rings. The van der Waals surface area contributed by atoms with E-state index in [0.29, 0.717) is 25.3 Å². The largest absolute Gasteiger partial charge is 0.495 e. The Morgan fingerprint density at radius 2 is 1.75 bits per heavy atom. The molecular weight excluding hydrogens is 454 g/mol. The van der Waals surface area contributed by atoms with E-state index in [1.54, 1.807) is 12.0 Å². The van der Waals surface area contributed by atoms with Crippen LogP contribution in [0.15, 0.2) is 66.7 Å². The van der Waals surface area contributed by atoms with Crippen LogP contribution in [0.3, 0.4) is 0 Å². The third-order valence-electron chi connectivity index (χ3n) is 6.77. The lowest BCUT2D eigenvalue weighted by Crippen LogP contribution is -2.27. The summed E-state index contributed by atoms with van der Waals surface area (Å²) in [5.41, 5.74) is 4.62. The summed E-state index contributed by atoms with van der Waals surface area (Å²) in [4.78, 5) is 19.7. The highest BCUT2D eigenvalue weighted by Crippen LogP contribution is 2.37. The van der Waals surface area contributed by atoms with E-state index in [4.69, 9.17) is 14.5 Å². The zero-order valence-corrected chi connectivity index (χ0v) is 20.8. The van der Waals surface area contributed by atoms with E-state index in [2.05, 4.69) is 0 Å². The normalized spacial score (nSPS) is 16.5. The number of methoxy groups -OCH3 is 1. The van der Waals surface area contributed by atoms with Gasteiger partial charge in [0.2, 0.25) is 5.91 Å². The van der Waals surface area contributed by atoms with Crippen molar-refractivity contribution in [2.24, 2.45) is 0 Å². The van der Waals surface area contributed by atoms with Crippen LogP contribution in [0.5, 0.6) is 11.5 Å². The molecule has 0 saturated carbocycles. The molecule has 2 atom stereocenters. The number of carbonyl (C=O) groups is 1. The van der Waals surface area contributed by atoms with Crippen LogP contribution in [0.2, 0.25) is 0 Å². The molecule has 0 bridgehead atoms. The van der Waals surface area contributed by atoms with Gasteiger partial charge in [-0.15, -0.1) is 0 Å². The number of fused-ring (bicyclic) bond motifs is 1. The number of ether oxygens (including phenoxy) is 2. The van der Waals surface area contributed by atoms with Gasteiger partial charge in [0.25, 0.3) is 0 Å². The van der Waals surface area contributed by atoms with Crippen LogP contribution in [0.25, 0.3) is 11.0 Å². The molecule has 1 amide bonds. The number of aromatic nitrogens is 2. The molecule has 1 saturated heterocycles. The Morgan fingerprint density at radius 1 is 1.03 bits per heavy atom. The van der Waals surface area contributed by atoms with Crippen molar-refractivity contribution in [3.8, 4) is 11.5 Å². The Balaban J connectivity index is 1.40. The lowest BCUT2D eigenvalue weighted by atomic mass is 10.1. The van der Waals surface area contributed by atoms with E-state index >= 15 is 0 Å². The van der Waals surface area contributed by atoms with Crippen LogP contribution >= 0.6 is 0 Å². The van der Waals surface area contributed by atoms with Crippen molar-refractivity contribution in [2.45, 2.75) is 38.8 Å². The molecule has 0 aliphatic carbocycles. The number of benzene rings is 3. The van der Waals surface area contributed by atoms with Crippen LogP contribution < -0.4 is 14.4 Å². The van der Waals surface area contributed by atoms with Crippen molar-refractivity contribution in [2.75, 3.05) is 25.2 Å². The zero-order chi connectivity index (χ0) is 25.2. The minimum atomic E-state index is -0.747. The summed E-state index contributed by atoms with van der Waals surface area (Å²) in [5, 5.41) is 11.0. The molecule has 36 heavy (non-hydrogen) atoms. The lowest BCUT2D eigenvalue weighted by molar-refractivity contribution is -0.117. The first-order chi connectivity index (χ1) is 17.5. The first-order valence-electron chi connectivity index (χ1n) is 12.2. The number of rotatable bonds is 8. The number of hydrogen-bond donors (Lipinski definition) is 1. The number of aliphatic hydroxyl groups excluding tert-OH is 1. The molecule has 7 heteroatoms. The summed E-state index contributed by atoms with van der Waals surface area (Å²) < 4.78 is 13.5. The fourth-order valence-electron chi connectivity index (χ4n) is 5.03. The fraction of sp³-hybridized carbons (Fsp3) is 0.310. The van der Waals surface area contributed by atoms with E-state index in [0.717, 1.165) is 39.4 Å². The molecule has 0 radical (unpaired) electrons. The van der Waals surface area contributed by atoms with E-state index in [1.165, 1.54) is 0 Å². The fourth-order valence-corrected chi connectivity index (χ4v) is 5.03. The van der Waals surface area contributed by atoms with Crippen molar-refractivity contribution in [1.82, 2.24) is 9.55 Å².